The number of non-ortho nitro benzene ring substituents is 1. The summed E-state index contributed by atoms with van der Waals surface area (Å²) in [5, 5.41) is 34.3. The highest BCUT2D eigenvalue weighted by atomic mass is 16.6. The van der Waals surface area contributed by atoms with Crippen LogP contribution in [-0.4, -0.2) is 45.4 Å². The van der Waals surface area contributed by atoms with E-state index in [1.807, 2.05) is 0 Å². The van der Waals surface area contributed by atoms with Gasteiger partial charge in [-0.15, -0.1) is 0 Å². The van der Waals surface area contributed by atoms with Gasteiger partial charge in [0.1, 0.15) is 0 Å². The highest BCUT2D eigenvalue weighted by Crippen LogP contribution is 2.28. The van der Waals surface area contributed by atoms with Crippen LogP contribution in [-0.2, 0) is 4.79 Å². The number of aliphatic hydroxyl groups is 1. The van der Waals surface area contributed by atoms with Crippen molar-refractivity contribution in [2.24, 2.45) is 0 Å². The monoisotopic (exact) mass is 531 g/mol. The molecule has 1 aromatic heterocycles. The first-order valence-electron chi connectivity index (χ1n) is 14.3. The number of unbranched alkanes of at least 4 members (excludes halogenated alkanes) is 11. The van der Waals surface area contributed by atoms with Crippen molar-refractivity contribution in [3.63, 3.8) is 0 Å². The molecule has 2 rings (SSSR count). The number of hydrogen-bond acceptors (Lipinski definition) is 8. The first-order chi connectivity index (χ1) is 18.6. The summed E-state index contributed by atoms with van der Waals surface area (Å²) < 4.78 is 4.69. The topological polar surface area (TPSA) is 143 Å². The van der Waals surface area contributed by atoms with Gasteiger partial charge in [-0.25, -0.2) is 4.63 Å². The van der Waals surface area contributed by atoms with Crippen LogP contribution >= 0.6 is 0 Å². The van der Waals surface area contributed by atoms with Crippen molar-refractivity contribution in [3.05, 3.63) is 34.4 Å². The average Bonchev–Trinajstić information content (AvgIpc) is 3.40. The van der Waals surface area contributed by atoms with Gasteiger partial charge in [0.05, 0.1) is 23.3 Å². The van der Waals surface area contributed by atoms with Gasteiger partial charge in [0.2, 0.25) is 11.4 Å². The van der Waals surface area contributed by atoms with Crippen LogP contribution < -0.4 is 10.6 Å². The molecule has 0 aliphatic heterocycles. The second-order valence-corrected chi connectivity index (χ2v) is 9.86. The molecule has 0 aliphatic carbocycles. The smallest absolute Gasteiger partial charge is 0.300 e. The van der Waals surface area contributed by atoms with Crippen molar-refractivity contribution in [2.75, 3.05) is 18.5 Å². The third-order valence-electron chi connectivity index (χ3n) is 6.63. The number of aromatic nitrogens is 2. The average molecular weight is 532 g/mol. The van der Waals surface area contributed by atoms with Crippen molar-refractivity contribution >= 4 is 28.3 Å². The van der Waals surface area contributed by atoms with Crippen LogP contribution in [0.15, 0.2) is 28.9 Å². The number of nitro benzene ring substituents is 1. The van der Waals surface area contributed by atoms with Gasteiger partial charge in [-0.05, 0) is 48.5 Å². The van der Waals surface area contributed by atoms with E-state index in [0.29, 0.717) is 24.0 Å². The highest BCUT2D eigenvalue weighted by molar-refractivity contribution is 5.93. The van der Waals surface area contributed by atoms with Gasteiger partial charge < -0.3 is 15.7 Å². The molecule has 0 aliphatic rings. The summed E-state index contributed by atoms with van der Waals surface area (Å²) in [7, 11) is 0. The normalized spacial score (nSPS) is 12.3. The van der Waals surface area contributed by atoms with Crippen molar-refractivity contribution in [2.45, 2.75) is 109 Å². The molecular weight excluding hydrogens is 486 g/mol. The highest BCUT2D eigenvalue weighted by Gasteiger charge is 2.19. The van der Waals surface area contributed by atoms with Crippen LogP contribution in [0.25, 0.3) is 11.0 Å². The fourth-order valence-electron chi connectivity index (χ4n) is 4.38. The predicted octanol–water partition coefficient (Wildman–Crippen LogP) is 6.45. The molecule has 1 amide bonds. The molecule has 0 spiro atoms. The Labute approximate surface area is 225 Å². The Morgan fingerprint density at radius 2 is 1.68 bits per heavy atom. The number of rotatable bonds is 22. The molecule has 10 nitrogen and oxygen atoms in total. The molecule has 38 heavy (non-hydrogen) atoms. The first-order valence-corrected chi connectivity index (χ1v) is 14.3. The lowest BCUT2D eigenvalue weighted by Gasteiger charge is -2.14. The summed E-state index contributed by atoms with van der Waals surface area (Å²) in [6.45, 7) is 2.91. The maximum absolute atomic E-state index is 12.0. The van der Waals surface area contributed by atoms with Crippen LogP contribution in [0.3, 0.4) is 0 Å². The number of hydrogen-bond donors (Lipinski definition) is 3. The Hall–Kier alpha value is -3.01. The SMILES string of the molecule is CCCCCCCC(=O)NC(CO)C/C=C/CCCCCCCCCNc1ccc([N+](=O)[O-])c2nonc12. The number of nitrogens with one attached hydrogen (secondary N) is 2. The maximum Gasteiger partial charge on any atom is 0.300 e. The van der Waals surface area contributed by atoms with Gasteiger partial charge in [-0.3, -0.25) is 14.9 Å². The summed E-state index contributed by atoms with van der Waals surface area (Å²) in [5.74, 6) is 0.0423. The van der Waals surface area contributed by atoms with Gasteiger partial charge in [0, 0.05) is 19.0 Å². The van der Waals surface area contributed by atoms with Crippen LogP contribution in [0, 0.1) is 10.1 Å². The third kappa shape index (κ3) is 12.0. The minimum Gasteiger partial charge on any atom is -0.394 e. The molecule has 10 heteroatoms. The summed E-state index contributed by atoms with van der Waals surface area (Å²) in [5.41, 5.74) is 1.14. The molecule has 1 atom stereocenters. The molecule has 1 heterocycles. The standard InChI is InChI=1S/C28H45N5O5/c1-2-3-4-11-15-18-26(35)30-23(22-34)17-14-12-9-7-5-6-8-10-13-16-21-29-24-19-20-25(33(36)37)28-27(24)31-38-32-28/h12,14,19-20,23,29,34H,2-11,13,15-18,21-22H2,1H3,(H,30,35)/b14-12+. The van der Waals surface area contributed by atoms with E-state index in [1.165, 1.54) is 51.0 Å². The van der Waals surface area contributed by atoms with Crippen LogP contribution in [0.1, 0.15) is 103 Å². The minimum atomic E-state index is -0.488. The lowest BCUT2D eigenvalue weighted by molar-refractivity contribution is -0.383. The zero-order valence-electron chi connectivity index (χ0n) is 22.8. The fourth-order valence-corrected chi connectivity index (χ4v) is 4.38. The predicted molar refractivity (Wildman–Crippen MR) is 150 cm³/mol. The minimum absolute atomic E-state index is 0.0307. The summed E-state index contributed by atoms with van der Waals surface area (Å²) >= 11 is 0. The van der Waals surface area contributed by atoms with Gasteiger partial charge in [0.15, 0.2) is 5.52 Å². The van der Waals surface area contributed by atoms with Gasteiger partial charge in [0.25, 0.3) is 0 Å². The zero-order valence-corrected chi connectivity index (χ0v) is 22.8. The second kappa shape index (κ2) is 19.1. The van der Waals surface area contributed by atoms with E-state index in [0.717, 1.165) is 45.1 Å². The van der Waals surface area contributed by atoms with Crippen LogP contribution in [0.2, 0.25) is 0 Å². The number of nitro groups is 1. The molecule has 3 N–H and O–H groups in total. The Balaban J connectivity index is 1.45. The quantitative estimate of drug-likeness (QED) is 0.0681. The lowest BCUT2D eigenvalue weighted by atomic mass is 10.1. The summed E-state index contributed by atoms with van der Waals surface area (Å²) in [4.78, 5) is 22.6. The number of aliphatic hydroxyl groups excluding tert-OH is 1. The number of amides is 1. The van der Waals surface area contributed by atoms with E-state index in [4.69, 9.17) is 0 Å². The van der Waals surface area contributed by atoms with Crippen molar-refractivity contribution in [1.29, 1.82) is 0 Å². The molecule has 1 unspecified atom stereocenters. The third-order valence-corrected chi connectivity index (χ3v) is 6.63. The number of carbonyl (C=O) groups excluding carboxylic acids is 1. The lowest BCUT2D eigenvalue weighted by Crippen LogP contribution is -2.36. The number of carbonyl (C=O) groups is 1. The van der Waals surface area contributed by atoms with E-state index < -0.39 is 4.92 Å². The molecule has 0 radical (unpaired) electrons. The summed E-state index contributed by atoms with van der Waals surface area (Å²) in [6, 6.07) is 2.88. The molecule has 212 valence electrons. The van der Waals surface area contributed by atoms with Gasteiger partial charge >= 0.3 is 5.69 Å². The Morgan fingerprint density at radius 1 is 1.00 bits per heavy atom. The van der Waals surface area contributed by atoms with Crippen molar-refractivity contribution in [3.8, 4) is 0 Å². The number of nitrogens with zero attached hydrogens (tertiary/aromatic N) is 3. The molecular formula is C28H45N5O5. The van der Waals surface area contributed by atoms with E-state index in [2.05, 4.69) is 44.7 Å². The van der Waals surface area contributed by atoms with Gasteiger partial charge in [-0.2, -0.15) is 0 Å². The molecule has 0 bridgehead atoms. The van der Waals surface area contributed by atoms with E-state index in [-0.39, 0.29) is 29.8 Å². The van der Waals surface area contributed by atoms with Crippen LogP contribution in [0.5, 0.6) is 0 Å². The number of fused-ring (bicyclic) bond motifs is 1. The van der Waals surface area contributed by atoms with Gasteiger partial charge in [-0.1, -0.05) is 76.9 Å². The second-order valence-electron chi connectivity index (χ2n) is 9.86. The zero-order chi connectivity index (χ0) is 27.4. The van der Waals surface area contributed by atoms with E-state index in [1.54, 1.807) is 6.07 Å². The Bertz CT molecular complexity index is 978. The van der Waals surface area contributed by atoms with E-state index in [9.17, 15) is 20.0 Å². The maximum atomic E-state index is 12.0. The molecule has 0 saturated carbocycles. The Kier molecular flexibility index (Phi) is 15.7. The number of allylic oxidation sites excluding steroid dienone is 1. The van der Waals surface area contributed by atoms with Crippen molar-refractivity contribution < 1.29 is 19.5 Å². The number of anilines is 1. The van der Waals surface area contributed by atoms with Crippen molar-refractivity contribution in [1.82, 2.24) is 15.6 Å². The van der Waals surface area contributed by atoms with Crippen LogP contribution in [0.4, 0.5) is 11.4 Å². The first kappa shape index (κ1) is 31.2. The molecule has 2 aromatic rings. The Morgan fingerprint density at radius 3 is 2.42 bits per heavy atom. The molecule has 0 saturated heterocycles. The molecule has 1 aromatic carbocycles. The number of benzene rings is 1. The molecule has 0 fully saturated rings. The summed E-state index contributed by atoms with van der Waals surface area (Å²) in [6.07, 6.45) is 20.2. The van der Waals surface area contributed by atoms with E-state index >= 15 is 0 Å². The fraction of sp³-hybridized carbons (Fsp3) is 0.679. The largest absolute Gasteiger partial charge is 0.394 e.